The van der Waals surface area contributed by atoms with E-state index in [0.717, 1.165) is 71.4 Å². The Bertz CT molecular complexity index is 652. The van der Waals surface area contributed by atoms with Gasteiger partial charge in [-0.25, -0.2) is 0 Å². The Morgan fingerprint density at radius 1 is 1.17 bits per heavy atom. The van der Waals surface area contributed by atoms with Crippen molar-refractivity contribution in [3.63, 3.8) is 0 Å². The smallest absolute Gasteiger partial charge is 0.223 e. The van der Waals surface area contributed by atoms with Crippen molar-refractivity contribution in [3.05, 3.63) is 35.9 Å². The first-order valence-corrected chi connectivity index (χ1v) is 10.9. The van der Waals surface area contributed by atoms with Gasteiger partial charge in [-0.2, -0.15) is 0 Å². The number of benzene rings is 1. The van der Waals surface area contributed by atoms with Gasteiger partial charge in [-0.15, -0.1) is 24.0 Å². The highest BCUT2D eigenvalue weighted by molar-refractivity contribution is 14.0. The molecule has 2 fully saturated rings. The Kier molecular flexibility index (Phi) is 11.5. The van der Waals surface area contributed by atoms with Crippen molar-refractivity contribution in [2.24, 2.45) is 10.9 Å². The van der Waals surface area contributed by atoms with Crippen molar-refractivity contribution in [3.8, 4) is 0 Å². The van der Waals surface area contributed by atoms with Crippen LogP contribution in [0.4, 0.5) is 0 Å². The number of nitrogens with zero attached hydrogens (tertiary/aromatic N) is 3. The molecule has 0 saturated carbocycles. The van der Waals surface area contributed by atoms with Gasteiger partial charge in [0.2, 0.25) is 5.91 Å². The number of aliphatic imine (C=N–C) groups is 1. The first-order chi connectivity index (χ1) is 14.2. The van der Waals surface area contributed by atoms with Gasteiger partial charge in [-0.05, 0) is 18.9 Å². The number of morpholine rings is 1. The second-order valence-electron chi connectivity index (χ2n) is 7.75. The number of ether oxygens (including phenoxy) is 1. The van der Waals surface area contributed by atoms with Crippen LogP contribution in [0.1, 0.15) is 18.9 Å². The topological polar surface area (TPSA) is 69.2 Å². The van der Waals surface area contributed by atoms with Crippen LogP contribution < -0.4 is 10.6 Å². The number of halogens is 1. The summed E-state index contributed by atoms with van der Waals surface area (Å²) in [5, 5.41) is 6.73. The number of carbonyl (C=O) groups excluding carboxylic acids is 1. The molecule has 2 saturated heterocycles. The van der Waals surface area contributed by atoms with E-state index in [9.17, 15) is 4.79 Å². The van der Waals surface area contributed by atoms with E-state index in [2.05, 4.69) is 34.6 Å². The van der Waals surface area contributed by atoms with E-state index in [1.807, 2.05) is 23.1 Å². The summed E-state index contributed by atoms with van der Waals surface area (Å²) >= 11 is 0. The molecule has 1 aromatic carbocycles. The fourth-order valence-electron chi connectivity index (χ4n) is 3.82. The van der Waals surface area contributed by atoms with E-state index in [4.69, 9.17) is 9.73 Å². The maximum atomic E-state index is 12.4. The molecule has 1 amide bonds. The van der Waals surface area contributed by atoms with Crippen LogP contribution in [0.3, 0.4) is 0 Å². The molecule has 0 aromatic heterocycles. The van der Waals surface area contributed by atoms with Crippen LogP contribution >= 0.6 is 24.0 Å². The van der Waals surface area contributed by atoms with Crippen LogP contribution in [0.2, 0.25) is 0 Å². The third kappa shape index (κ3) is 8.39. The average molecular weight is 529 g/mol. The molecule has 0 radical (unpaired) electrons. The van der Waals surface area contributed by atoms with Gasteiger partial charge in [0.1, 0.15) is 0 Å². The molecular weight excluding hydrogens is 493 g/mol. The summed E-state index contributed by atoms with van der Waals surface area (Å²) in [6.07, 6.45) is 1.51. The van der Waals surface area contributed by atoms with Crippen molar-refractivity contribution >= 4 is 35.8 Å². The molecule has 168 valence electrons. The van der Waals surface area contributed by atoms with Gasteiger partial charge in [0.05, 0.1) is 13.2 Å². The lowest BCUT2D eigenvalue weighted by molar-refractivity contribution is -0.127. The second kappa shape index (κ2) is 13.8. The number of nitrogens with one attached hydrogen (secondary N) is 2. The van der Waals surface area contributed by atoms with Crippen molar-refractivity contribution in [1.82, 2.24) is 20.4 Å². The van der Waals surface area contributed by atoms with Gasteiger partial charge >= 0.3 is 0 Å². The minimum absolute atomic E-state index is 0. The normalized spacial score (nSPS) is 20.2. The minimum Gasteiger partial charge on any atom is -0.379 e. The quantitative estimate of drug-likeness (QED) is 0.289. The number of hydrogen-bond donors (Lipinski definition) is 2. The summed E-state index contributed by atoms with van der Waals surface area (Å²) in [5.41, 5.74) is 1.28. The summed E-state index contributed by atoms with van der Waals surface area (Å²) in [5.74, 6) is 1.40. The van der Waals surface area contributed by atoms with Crippen LogP contribution in [0.5, 0.6) is 0 Å². The lowest BCUT2D eigenvalue weighted by Crippen LogP contribution is -2.44. The van der Waals surface area contributed by atoms with Crippen LogP contribution in [0, 0.1) is 5.92 Å². The third-order valence-corrected chi connectivity index (χ3v) is 5.48. The van der Waals surface area contributed by atoms with E-state index in [0.29, 0.717) is 18.9 Å². The number of amides is 1. The first-order valence-electron chi connectivity index (χ1n) is 10.9. The highest BCUT2D eigenvalue weighted by Gasteiger charge is 2.29. The maximum Gasteiger partial charge on any atom is 0.223 e. The van der Waals surface area contributed by atoms with E-state index in [-0.39, 0.29) is 29.9 Å². The Labute approximate surface area is 197 Å². The molecule has 7 nitrogen and oxygen atoms in total. The number of rotatable bonds is 9. The molecule has 1 aromatic rings. The first kappa shape index (κ1) is 24.9. The Balaban J connectivity index is 0.00000320. The Morgan fingerprint density at radius 3 is 2.67 bits per heavy atom. The van der Waals surface area contributed by atoms with E-state index < -0.39 is 0 Å². The zero-order chi connectivity index (χ0) is 20.3. The monoisotopic (exact) mass is 529 g/mol. The SMILES string of the molecule is CCNC(=NCC1CC(=O)N(CCc2ccccc2)C1)NCCN1CCOCC1.I. The minimum atomic E-state index is 0. The predicted molar refractivity (Wildman–Crippen MR) is 131 cm³/mol. The molecule has 2 aliphatic heterocycles. The van der Waals surface area contributed by atoms with Gasteiger partial charge in [-0.1, -0.05) is 30.3 Å². The fourth-order valence-corrected chi connectivity index (χ4v) is 3.82. The Morgan fingerprint density at radius 2 is 1.93 bits per heavy atom. The summed E-state index contributed by atoms with van der Waals surface area (Å²) in [6.45, 7) is 10.7. The molecule has 0 bridgehead atoms. The van der Waals surface area contributed by atoms with Crippen molar-refractivity contribution < 1.29 is 9.53 Å². The average Bonchev–Trinajstić information content (AvgIpc) is 3.11. The van der Waals surface area contributed by atoms with Gasteiger partial charge in [0, 0.05) is 64.7 Å². The third-order valence-electron chi connectivity index (χ3n) is 5.48. The molecule has 2 N–H and O–H groups in total. The molecule has 2 heterocycles. The van der Waals surface area contributed by atoms with Crippen LogP contribution in [0.15, 0.2) is 35.3 Å². The lowest BCUT2D eigenvalue weighted by Gasteiger charge is -2.26. The Hall–Kier alpha value is -1.39. The molecule has 2 aliphatic rings. The number of guanidine groups is 1. The molecule has 1 unspecified atom stereocenters. The maximum absolute atomic E-state index is 12.4. The van der Waals surface area contributed by atoms with Crippen molar-refractivity contribution in [2.45, 2.75) is 19.8 Å². The van der Waals surface area contributed by atoms with Gasteiger partial charge in [0.15, 0.2) is 5.96 Å². The van der Waals surface area contributed by atoms with E-state index in [1.165, 1.54) is 5.56 Å². The molecule has 1 atom stereocenters. The summed E-state index contributed by atoms with van der Waals surface area (Å²) in [6, 6.07) is 10.4. The van der Waals surface area contributed by atoms with E-state index in [1.54, 1.807) is 0 Å². The standard InChI is InChI=1S/C22H35N5O2.HI/c1-2-23-22(24-9-11-26-12-14-29-15-13-26)25-17-20-16-21(28)27(18-20)10-8-19-6-4-3-5-7-19;/h3-7,20H,2,8-18H2,1H3,(H2,23,24,25);1H. The molecule has 30 heavy (non-hydrogen) atoms. The van der Waals surface area contributed by atoms with Crippen LogP contribution in [-0.4, -0.2) is 87.2 Å². The summed E-state index contributed by atoms with van der Waals surface area (Å²) in [4.78, 5) is 21.5. The van der Waals surface area contributed by atoms with Crippen molar-refractivity contribution in [1.29, 1.82) is 0 Å². The molecule has 8 heteroatoms. The molecule has 0 aliphatic carbocycles. The zero-order valence-corrected chi connectivity index (χ0v) is 20.3. The van der Waals surface area contributed by atoms with Gasteiger partial charge < -0.3 is 20.3 Å². The number of hydrogen-bond acceptors (Lipinski definition) is 4. The second-order valence-corrected chi connectivity index (χ2v) is 7.75. The summed E-state index contributed by atoms with van der Waals surface area (Å²) in [7, 11) is 0. The highest BCUT2D eigenvalue weighted by atomic mass is 127. The summed E-state index contributed by atoms with van der Waals surface area (Å²) < 4.78 is 5.39. The van der Waals surface area contributed by atoms with Crippen LogP contribution in [0.25, 0.3) is 0 Å². The van der Waals surface area contributed by atoms with Crippen molar-refractivity contribution in [2.75, 3.05) is 65.6 Å². The van der Waals surface area contributed by atoms with Gasteiger partial charge in [-0.3, -0.25) is 14.7 Å². The zero-order valence-electron chi connectivity index (χ0n) is 18.0. The molecule has 0 spiro atoms. The number of likely N-dealkylation sites (tertiary alicyclic amines) is 1. The predicted octanol–water partition coefficient (Wildman–Crippen LogP) is 1.58. The highest BCUT2D eigenvalue weighted by Crippen LogP contribution is 2.18. The fraction of sp³-hybridized carbons (Fsp3) is 0.636. The molecular formula is C22H36IN5O2. The largest absolute Gasteiger partial charge is 0.379 e. The molecule has 3 rings (SSSR count). The lowest BCUT2D eigenvalue weighted by atomic mass is 10.1. The van der Waals surface area contributed by atoms with Gasteiger partial charge in [0.25, 0.3) is 0 Å². The van der Waals surface area contributed by atoms with E-state index >= 15 is 0 Å². The number of carbonyl (C=O) groups is 1. The van der Waals surface area contributed by atoms with Crippen LogP contribution in [-0.2, 0) is 16.0 Å².